The molecule has 0 aromatic heterocycles. The summed E-state index contributed by atoms with van der Waals surface area (Å²) in [4.78, 5) is 17.7. The lowest BCUT2D eigenvalue weighted by Gasteiger charge is -2.37. The van der Waals surface area contributed by atoms with Crippen LogP contribution in [0.15, 0.2) is 0 Å². The molecule has 1 unspecified atom stereocenters. The molecule has 5 nitrogen and oxygen atoms in total. The number of piperidine rings is 1. The molecule has 0 aromatic carbocycles. The van der Waals surface area contributed by atoms with Gasteiger partial charge >= 0.3 is 12.2 Å². The van der Waals surface area contributed by atoms with Gasteiger partial charge in [-0.3, -0.25) is 0 Å². The highest BCUT2D eigenvalue weighted by molar-refractivity contribution is 14.0. The smallest absolute Gasteiger partial charge is 0.391 e. The van der Waals surface area contributed by atoms with Crippen molar-refractivity contribution < 1.29 is 23.1 Å². The molecule has 9 heteroatoms. The summed E-state index contributed by atoms with van der Waals surface area (Å²) in [7, 11) is 0. The molecule has 0 spiro atoms. The molecule has 0 aliphatic carbocycles. The van der Waals surface area contributed by atoms with Gasteiger partial charge in [-0.15, -0.1) is 24.0 Å². The van der Waals surface area contributed by atoms with Crippen LogP contribution in [0.25, 0.3) is 0 Å². The van der Waals surface area contributed by atoms with E-state index >= 15 is 0 Å². The predicted octanol–water partition coefficient (Wildman–Crippen LogP) is 2.14. The number of likely N-dealkylation sites (tertiary alicyclic amines) is 1. The van der Waals surface area contributed by atoms with E-state index in [4.69, 9.17) is 0 Å². The molecule has 0 bridgehead atoms. The molecule has 2 amide bonds. The van der Waals surface area contributed by atoms with Gasteiger partial charge in [0, 0.05) is 45.3 Å². The summed E-state index contributed by atoms with van der Waals surface area (Å²) in [5, 5.41) is 9.49. The number of likely N-dealkylation sites (N-methyl/N-ethyl adjacent to an activating group) is 1. The van der Waals surface area contributed by atoms with E-state index in [0.29, 0.717) is 19.6 Å². The Morgan fingerprint density at radius 2 is 1.83 bits per heavy atom. The molecule has 2 aliphatic heterocycles. The second kappa shape index (κ2) is 8.70. The third-order valence-electron chi connectivity index (χ3n) is 4.44. The van der Waals surface area contributed by atoms with Crippen LogP contribution in [-0.2, 0) is 0 Å². The van der Waals surface area contributed by atoms with Gasteiger partial charge in [-0.2, -0.15) is 13.2 Å². The molecule has 0 aromatic rings. The second-order valence-corrected chi connectivity index (χ2v) is 6.06. The number of carbonyl (C=O) groups excluding carboxylic acids is 1. The number of amides is 2. The average molecular weight is 451 g/mol. The van der Waals surface area contributed by atoms with Crippen molar-refractivity contribution >= 4 is 30.0 Å². The third kappa shape index (κ3) is 5.93. The van der Waals surface area contributed by atoms with Gasteiger partial charge in [0.1, 0.15) is 0 Å². The predicted molar refractivity (Wildman–Crippen MR) is 90.9 cm³/mol. The Kier molecular flexibility index (Phi) is 7.85. The summed E-state index contributed by atoms with van der Waals surface area (Å²) in [6.45, 7) is 5.42. The van der Waals surface area contributed by atoms with E-state index in [1.807, 2.05) is 16.7 Å². The maximum Gasteiger partial charge on any atom is 0.391 e. The highest BCUT2D eigenvalue weighted by Gasteiger charge is 2.36. The molecule has 136 valence electrons. The van der Waals surface area contributed by atoms with Crippen molar-refractivity contribution in [2.75, 3.05) is 39.3 Å². The molecule has 1 N–H and O–H groups in total. The normalized spacial score (nSPS) is 22.4. The van der Waals surface area contributed by atoms with Crippen LogP contribution in [0.3, 0.4) is 0 Å². The molecule has 2 saturated heterocycles. The molecule has 0 saturated carbocycles. The number of carbonyl (C=O) groups is 1. The summed E-state index contributed by atoms with van der Waals surface area (Å²) in [6.07, 6.45) is -5.36. The van der Waals surface area contributed by atoms with Crippen LogP contribution in [0.1, 0.15) is 26.2 Å². The van der Waals surface area contributed by atoms with Crippen LogP contribution in [0.5, 0.6) is 0 Å². The van der Waals surface area contributed by atoms with Crippen LogP contribution in [0.2, 0.25) is 0 Å². The van der Waals surface area contributed by atoms with Crippen molar-refractivity contribution in [3.63, 3.8) is 0 Å². The van der Waals surface area contributed by atoms with Crippen LogP contribution in [0.4, 0.5) is 18.0 Å². The zero-order valence-corrected chi connectivity index (χ0v) is 15.6. The largest absolute Gasteiger partial charge is 0.391 e. The van der Waals surface area contributed by atoms with Crippen molar-refractivity contribution in [2.24, 2.45) is 0 Å². The Morgan fingerprint density at radius 3 is 2.30 bits per heavy atom. The molecular formula is C14H25F3IN3O2. The van der Waals surface area contributed by atoms with Crippen molar-refractivity contribution in [2.45, 2.75) is 44.5 Å². The number of hydrogen-bond donors (Lipinski definition) is 1. The number of β-amino-alcohol motifs (C(OH)–C–C–N with tert-alkyl or cyclic N) is 1. The van der Waals surface area contributed by atoms with Gasteiger partial charge in [0.2, 0.25) is 0 Å². The van der Waals surface area contributed by atoms with Gasteiger partial charge in [-0.1, -0.05) is 0 Å². The summed E-state index contributed by atoms with van der Waals surface area (Å²) in [5.74, 6) is 0. The van der Waals surface area contributed by atoms with Crippen molar-refractivity contribution in [1.82, 2.24) is 14.7 Å². The molecule has 2 fully saturated rings. The van der Waals surface area contributed by atoms with Gasteiger partial charge in [0.15, 0.2) is 0 Å². The van der Waals surface area contributed by atoms with Gasteiger partial charge < -0.3 is 19.8 Å². The number of rotatable bonds is 5. The standard InChI is InChI=1S/C14H24F3N3O2.HI/c1-2-19-7-8-20(13(19)22)11-3-5-18(6-4-11)10-12(21)9-14(15,16)17;/h11-12,21H,2-10H2,1H3;1H. The molecule has 1 atom stereocenters. The number of nitrogens with zero attached hydrogens (tertiary/aromatic N) is 3. The average Bonchev–Trinajstić information content (AvgIpc) is 2.78. The van der Waals surface area contributed by atoms with Gasteiger partial charge in [-0.25, -0.2) is 4.79 Å². The minimum absolute atomic E-state index is 0. The van der Waals surface area contributed by atoms with Crippen molar-refractivity contribution in [3.05, 3.63) is 0 Å². The number of urea groups is 1. The van der Waals surface area contributed by atoms with E-state index in [2.05, 4.69) is 0 Å². The number of halogens is 4. The van der Waals surface area contributed by atoms with E-state index in [1.54, 1.807) is 4.90 Å². The lowest BCUT2D eigenvalue weighted by Crippen LogP contribution is -2.48. The lowest BCUT2D eigenvalue weighted by molar-refractivity contribution is -0.155. The zero-order valence-electron chi connectivity index (χ0n) is 13.3. The van der Waals surface area contributed by atoms with Crippen molar-refractivity contribution in [3.8, 4) is 0 Å². The van der Waals surface area contributed by atoms with E-state index in [-0.39, 0.29) is 42.6 Å². The van der Waals surface area contributed by atoms with E-state index in [1.165, 1.54) is 0 Å². The van der Waals surface area contributed by atoms with E-state index in [0.717, 1.165) is 25.9 Å². The highest BCUT2D eigenvalue weighted by Crippen LogP contribution is 2.24. The van der Waals surface area contributed by atoms with Gasteiger partial charge in [0.25, 0.3) is 0 Å². The van der Waals surface area contributed by atoms with Crippen LogP contribution in [0, 0.1) is 0 Å². The summed E-state index contributed by atoms with van der Waals surface area (Å²) >= 11 is 0. The monoisotopic (exact) mass is 451 g/mol. The molecule has 0 radical (unpaired) electrons. The molecular weight excluding hydrogens is 426 g/mol. The second-order valence-electron chi connectivity index (χ2n) is 6.06. The maximum absolute atomic E-state index is 12.2. The number of aliphatic hydroxyl groups is 1. The number of aliphatic hydroxyl groups excluding tert-OH is 1. The van der Waals surface area contributed by atoms with Crippen LogP contribution in [-0.4, -0.2) is 83.4 Å². The van der Waals surface area contributed by atoms with Gasteiger partial charge in [0.05, 0.1) is 12.5 Å². The fourth-order valence-corrected chi connectivity index (χ4v) is 3.28. The Balaban J connectivity index is 0.00000264. The van der Waals surface area contributed by atoms with Crippen LogP contribution >= 0.6 is 24.0 Å². The molecule has 2 rings (SSSR count). The molecule has 2 aliphatic rings. The number of alkyl halides is 3. The highest BCUT2D eigenvalue weighted by atomic mass is 127. The summed E-state index contributed by atoms with van der Waals surface area (Å²) in [5.41, 5.74) is 0. The SMILES string of the molecule is CCN1CCN(C2CCN(CC(O)CC(F)(F)F)CC2)C1=O.I. The first-order valence-corrected chi connectivity index (χ1v) is 7.83. The first-order chi connectivity index (χ1) is 10.3. The molecule has 2 heterocycles. The quantitative estimate of drug-likeness (QED) is 0.652. The third-order valence-corrected chi connectivity index (χ3v) is 4.44. The Morgan fingerprint density at radius 1 is 1.22 bits per heavy atom. The summed E-state index contributed by atoms with van der Waals surface area (Å²) < 4.78 is 36.6. The lowest BCUT2D eigenvalue weighted by atomic mass is 10.0. The van der Waals surface area contributed by atoms with Gasteiger partial charge in [-0.05, 0) is 19.8 Å². The topological polar surface area (TPSA) is 47.0 Å². The Hall–Kier alpha value is -0.290. The first kappa shape index (κ1) is 20.8. The Labute approximate surface area is 151 Å². The van der Waals surface area contributed by atoms with Crippen LogP contribution < -0.4 is 0 Å². The van der Waals surface area contributed by atoms with E-state index < -0.39 is 18.7 Å². The fraction of sp³-hybridized carbons (Fsp3) is 0.929. The fourth-order valence-electron chi connectivity index (χ4n) is 3.28. The van der Waals surface area contributed by atoms with E-state index in [9.17, 15) is 23.1 Å². The minimum atomic E-state index is -4.33. The zero-order chi connectivity index (χ0) is 16.3. The maximum atomic E-state index is 12.2. The minimum Gasteiger partial charge on any atom is -0.391 e. The Bertz CT molecular complexity index is 390. The molecule has 23 heavy (non-hydrogen) atoms. The first-order valence-electron chi connectivity index (χ1n) is 7.83. The number of hydrogen-bond acceptors (Lipinski definition) is 3. The van der Waals surface area contributed by atoms with Crippen molar-refractivity contribution in [1.29, 1.82) is 0 Å². The summed E-state index contributed by atoms with van der Waals surface area (Å²) in [6, 6.07) is 0.234.